The minimum absolute atomic E-state index is 0.123. The Labute approximate surface area is 170 Å². The van der Waals surface area contributed by atoms with Crippen LogP contribution in [0.5, 0.6) is 0 Å². The summed E-state index contributed by atoms with van der Waals surface area (Å²) in [6, 6.07) is 16.5. The molecule has 6 heteroatoms. The molecule has 1 heterocycles. The number of furan rings is 1. The number of carbonyl (C=O) groups excluding carboxylic acids is 2. The molecule has 0 fully saturated rings. The second kappa shape index (κ2) is 8.39. The summed E-state index contributed by atoms with van der Waals surface area (Å²) in [6.45, 7) is 7.82. The van der Waals surface area contributed by atoms with E-state index in [0.29, 0.717) is 11.3 Å². The van der Waals surface area contributed by atoms with E-state index in [4.69, 9.17) is 4.42 Å². The van der Waals surface area contributed by atoms with Crippen molar-refractivity contribution in [3.8, 4) is 0 Å². The molecular weight excluding hydrogens is 366 g/mol. The van der Waals surface area contributed by atoms with Crippen LogP contribution in [0, 0.1) is 0 Å². The molecule has 6 nitrogen and oxygen atoms in total. The molecule has 0 spiro atoms. The van der Waals surface area contributed by atoms with E-state index in [0.717, 1.165) is 16.7 Å². The zero-order valence-electron chi connectivity index (χ0n) is 17.2. The molecule has 0 unspecified atom stereocenters. The fourth-order valence-electron chi connectivity index (χ4n) is 2.91. The van der Waals surface area contributed by atoms with Crippen LogP contribution in [0.4, 0.5) is 5.69 Å². The van der Waals surface area contributed by atoms with Crippen LogP contribution in [0.3, 0.4) is 0 Å². The average Bonchev–Trinajstić information content (AvgIpc) is 3.10. The summed E-state index contributed by atoms with van der Waals surface area (Å²) >= 11 is 0. The average molecular weight is 393 g/mol. The number of amides is 2. The highest BCUT2D eigenvalue weighted by atomic mass is 16.3. The van der Waals surface area contributed by atoms with E-state index in [1.807, 2.05) is 58.0 Å². The molecule has 2 aromatic carbocycles. The molecule has 3 rings (SSSR count). The Bertz CT molecular complexity index is 967. The fraction of sp³-hybridized carbons (Fsp3) is 0.304. The molecule has 2 amide bonds. The Morgan fingerprint density at radius 1 is 1.03 bits per heavy atom. The van der Waals surface area contributed by atoms with Crippen LogP contribution < -0.4 is 16.0 Å². The van der Waals surface area contributed by atoms with Gasteiger partial charge in [0.2, 0.25) is 5.91 Å². The fourth-order valence-corrected chi connectivity index (χ4v) is 2.91. The van der Waals surface area contributed by atoms with Gasteiger partial charge in [0.25, 0.3) is 5.91 Å². The standard InChI is InChI=1S/C23H27N3O3/c1-15(20-13-17-7-5-6-8-19(17)29-20)25-21(27)14-24-18-11-9-16(10-12-18)22(28)26-23(2,3)4/h5-13,15,24H,14H2,1-4H3,(H,25,27)(H,26,28)/t15-/m0/s1. The third kappa shape index (κ3) is 5.60. The molecule has 0 aliphatic rings. The van der Waals surface area contributed by atoms with Crippen molar-refractivity contribution < 1.29 is 14.0 Å². The van der Waals surface area contributed by atoms with Gasteiger partial charge >= 0.3 is 0 Å². The largest absolute Gasteiger partial charge is 0.459 e. The lowest BCUT2D eigenvalue weighted by Crippen LogP contribution is -2.40. The van der Waals surface area contributed by atoms with Crippen LogP contribution in [0.2, 0.25) is 0 Å². The summed E-state index contributed by atoms with van der Waals surface area (Å²) in [7, 11) is 0. The summed E-state index contributed by atoms with van der Waals surface area (Å²) < 4.78 is 5.79. The zero-order chi connectivity index (χ0) is 21.0. The third-order valence-corrected chi connectivity index (χ3v) is 4.34. The molecule has 29 heavy (non-hydrogen) atoms. The number of hydrogen-bond donors (Lipinski definition) is 3. The molecule has 0 aliphatic heterocycles. The topological polar surface area (TPSA) is 83.4 Å². The summed E-state index contributed by atoms with van der Waals surface area (Å²) in [4.78, 5) is 24.4. The van der Waals surface area contributed by atoms with Gasteiger partial charge in [0.15, 0.2) is 0 Å². The van der Waals surface area contributed by atoms with Gasteiger partial charge in [-0.1, -0.05) is 18.2 Å². The number of benzene rings is 2. The monoisotopic (exact) mass is 393 g/mol. The van der Waals surface area contributed by atoms with Crippen LogP contribution in [0.25, 0.3) is 11.0 Å². The van der Waals surface area contributed by atoms with Crippen LogP contribution in [-0.4, -0.2) is 23.9 Å². The number of nitrogens with one attached hydrogen (secondary N) is 3. The smallest absolute Gasteiger partial charge is 0.251 e. The summed E-state index contributed by atoms with van der Waals surface area (Å²) in [5, 5.41) is 9.92. The van der Waals surface area contributed by atoms with Gasteiger partial charge in [0, 0.05) is 22.2 Å². The van der Waals surface area contributed by atoms with Crippen molar-refractivity contribution in [2.45, 2.75) is 39.3 Å². The minimum Gasteiger partial charge on any atom is -0.459 e. The van der Waals surface area contributed by atoms with Gasteiger partial charge in [0.1, 0.15) is 11.3 Å². The van der Waals surface area contributed by atoms with E-state index in [9.17, 15) is 9.59 Å². The highest BCUT2D eigenvalue weighted by molar-refractivity contribution is 5.95. The maximum absolute atomic E-state index is 12.3. The maximum Gasteiger partial charge on any atom is 0.251 e. The quantitative estimate of drug-likeness (QED) is 0.585. The van der Waals surface area contributed by atoms with Gasteiger partial charge in [-0.25, -0.2) is 0 Å². The van der Waals surface area contributed by atoms with E-state index in [-0.39, 0.29) is 29.9 Å². The van der Waals surface area contributed by atoms with Crippen molar-refractivity contribution in [2.24, 2.45) is 0 Å². The molecule has 0 radical (unpaired) electrons. The van der Waals surface area contributed by atoms with Crippen molar-refractivity contribution in [1.29, 1.82) is 0 Å². The lowest BCUT2D eigenvalue weighted by molar-refractivity contribution is -0.120. The normalized spacial score (nSPS) is 12.4. The van der Waals surface area contributed by atoms with Crippen LogP contribution >= 0.6 is 0 Å². The Hall–Kier alpha value is -3.28. The number of carbonyl (C=O) groups is 2. The number of anilines is 1. The molecular formula is C23H27N3O3. The Morgan fingerprint density at radius 3 is 2.38 bits per heavy atom. The first-order chi connectivity index (χ1) is 13.7. The van der Waals surface area contributed by atoms with E-state index >= 15 is 0 Å². The highest BCUT2D eigenvalue weighted by Crippen LogP contribution is 2.23. The molecule has 3 aromatic rings. The molecule has 1 atom stereocenters. The number of fused-ring (bicyclic) bond motifs is 1. The summed E-state index contributed by atoms with van der Waals surface area (Å²) in [6.07, 6.45) is 0. The van der Waals surface area contributed by atoms with Crippen molar-refractivity contribution in [3.63, 3.8) is 0 Å². The van der Waals surface area contributed by atoms with Gasteiger partial charge in [-0.3, -0.25) is 9.59 Å². The first kappa shape index (κ1) is 20.5. The number of hydrogen-bond acceptors (Lipinski definition) is 4. The van der Waals surface area contributed by atoms with Crippen LogP contribution in [-0.2, 0) is 4.79 Å². The van der Waals surface area contributed by atoms with E-state index in [2.05, 4.69) is 16.0 Å². The predicted octanol–water partition coefficient (Wildman–Crippen LogP) is 4.25. The molecule has 0 aliphatic carbocycles. The van der Waals surface area contributed by atoms with E-state index in [1.165, 1.54) is 0 Å². The Balaban J connectivity index is 1.51. The lowest BCUT2D eigenvalue weighted by Gasteiger charge is -2.20. The second-order valence-corrected chi connectivity index (χ2v) is 8.11. The van der Waals surface area contributed by atoms with Crippen molar-refractivity contribution in [1.82, 2.24) is 10.6 Å². The van der Waals surface area contributed by atoms with Crippen molar-refractivity contribution >= 4 is 28.5 Å². The molecule has 0 saturated heterocycles. The summed E-state index contributed by atoms with van der Waals surface area (Å²) in [5.74, 6) is 0.447. The SMILES string of the molecule is C[C@H](NC(=O)CNc1ccc(C(=O)NC(C)(C)C)cc1)c1cc2ccccc2o1. The summed E-state index contributed by atoms with van der Waals surface area (Å²) in [5.41, 5.74) is 1.86. The highest BCUT2D eigenvalue weighted by Gasteiger charge is 2.16. The Kier molecular flexibility index (Phi) is 5.92. The third-order valence-electron chi connectivity index (χ3n) is 4.34. The predicted molar refractivity (Wildman–Crippen MR) is 115 cm³/mol. The van der Waals surface area contributed by atoms with Gasteiger partial charge in [-0.15, -0.1) is 0 Å². The lowest BCUT2D eigenvalue weighted by atomic mass is 10.1. The van der Waals surface area contributed by atoms with Crippen LogP contribution in [0.15, 0.2) is 59.0 Å². The minimum atomic E-state index is -0.289. The van der Waals surface area contributed by atoms with Gasteiger partial charge < -0.3 is 20.4 Å². The molecule has 3 N–H and O–H groups in total. The van der Waals surface area contributed by atoms with Crippen molar-refractivity contribution in [2.75, 3.05) is 11.9 Å². The van der Waals surface area contributed by atoms with E-state index < -0.39 is 0 Å². The van der Waals surface area contributed by atoms with Crippen LogP contribution in [0.1, 0.15) is 49.9 Å². The first-order valence-corrected chi connectivity index (χ1v) is 9.65. The zero-order valence-corrected chi connectivity index (χ0v) is 17.2. The molecule has 0 saturated carbocycles. The van der Waals surface area contributed by atoms with E-state index in [1.54, 1.807) is 24.3 Å². The van der Waals surface area contributed by atoms with Gasteiger partial charge in [0.05, 0.1) is 12.6 Å². The number of para-hydroxylation sites is 1. The first-order valence-electron chi connectivity index (χ1n) is 9.65. The molecule has 0 bridgehead atoms. The maximum atomic E-state index is 12.3. The van der Waals surface area contributed by atoms with Gasteiger partial charge in [-0.2, -0.15) is 0 Å². The molecule has 1 aromatic heterocycles. The van der Waals surface area contributed by atoms with Crippen molar-refractivity contribution in [3.05, 3.63) is 65.9 Å². The Morgan fingerprint density at radius 2 is 1.72 bits per heavy atom. The number of rotatable bonds is 6. The second-order valence-electron chi connectivity index (χ2n) is 8.11. The molecule has 152 valence electrons. The van der Waals surface area contributed by atoms with Gasteiger partial charge in [-0.05, 0) is 64.1 Å².